The van der Waals surface area contributed by atoms with E-state index >= 15 is 0 Å². The first-order valence-electron chi connectivity index (χ1n) is 41.1. The van der Waals surface area contributed by atoms with Crippen molar-refractivity contribution in [1.29, 1.82) is 1.28 Å². The van der Waals surface area contributed by atoms with Gasteiger partial charge in [-0.05, 0) is 312 Å². The first-order valence-corrected chi connectivity index (χ1v) is 40.9. The molecule has 587 valence electrons. The molecule has 0 saturated carbocycles. The van der Waals surface area contributed by atoms with Crippen LogP contribution in [0.25, 0.3) is 165 Å². The molecule has 1 heterocycles. The minimum atomic E-state index is -0.441. The molecule has 2 aliphatic carbocycles. The molecule has 1 radical (unpaired) electrons. The average Bonchev–Trinajstić information content (AvgIpc) is 1.57. The van der Waals surface area contributed by atoms with Gasteiger partial charge in [-0.1, -0.05) is 344 Å². The molecule has 1 atom stereocenters. The van der Waals surface area contributed by atoms with E-state index in [0.29, 0.717) is 0 Å². The fourth-order valence-corrected chi connectivity index (χ4v) is 18.1. The van der Waals surface area contributed by atoms with Gasteiger partial charge in [0.1, 0.15) is 0 Å². The van der Waals surface area contributed by atoms with Crippen LogP contribution >= 0.6 is 21.4 Å². The van der Waals surface area contributed by atoms with Crippen molar-refractivity contribution in [3.63, 3.8) is 0 Å². The number of fused-ring (bicyclic) bond motifs is 12. The molecule has 7 heteroatoms. The van der Waals surface area contributed by atoms with Crippen LogP contribution in [0.15, 0.2) is 388 Å². The van der Waals surface area contributed by atoms with Crippen LogP contribution in [-0.2, 0) is 20.1 Å². The molecule has 1 fully saturated rings. The molecular weight excluding hydrogens is 1620 g/mol. The van der Waals surface area contributed by atoms with Gasteiger partial charge in [0.25, 0.3) is 0 Å². The van der Waals surface area contributed by atoms with Crippen LogP contribution in [0.2, 0.25) is 5.02 Å². The van der Waals surface area contributed by atoms with Crippen molar-refractivity contribution in [2.75, 3.05) is 0 Å². The van der Waals surface area contributed by atoms with E-state index < -0.39 is 18.3 Å². The molecule has 120 heavy (non-hydrogen) atoms. The Hall–Kier alpha value is -11.1. The van der Waals surface area contributed by atoms with Gasteiger partial charge >= 0.3 is 33.0 Å². The van der Waals surface area contributed by atoms with Gasteiger partial charge in [-0.2, -0.15) is 9.84 Å². The van der Waals surface area contributed by atoms with Gasteiger partial charge in [-0.25, -0.2) is 0 Å². The Balaban J connectivity index is 0.000000147. The summed E-state index contributed by atoms with van der Waals surface area (Å²) in [4.78, 5) is 0. The van der Waals surface area contributed by atoms with Crippen LogP contribution in [0.1, 0.15) is 85.1 Å². The molecule has 18 aromatic rings. The van der Waals surface area contributed by atoms with Gasteiger partial charge in [0.2, 0.25) is 0 Å². The molecule has 0 bridgehead atoms. The molecule has 0 spiro atoms. The summed E-state index contributed by atoms with van der Waals surface area (Å²) in [5.41, 5.74) is 32.8. The zero-order valence-electron chi connectivity index (χ0n) is 69.7. The molecule has 3 aliphatic rings. The van der Waals surface area contributed by atoms with Gasteiger partial charge in [-0.3, -0.25) is 0 Å². The Labute approximate surface area is 742 Å². The van der Waals surface area contributed by atoms with Crippen LogP contribution in [0.5, 0.6) is 0 Å². The summed E-state index contributed by atoms with van der Waals surface area (Å²) in [6.07, 6.45) is 0. The molecule has 0 amide bonds. The summed E-state index contributed by atoms with van der Waals surface area (Å²) in [5, 5.41) is 11.0. The Morgan fingerprint density at radius 1 is 0.242 bits per heavy atom. The first-order chi connectivity index (χ1) is 57.3. The van der Waals surface area contributed by atoms with E-state index in [-0.39, 0.29) is 56.5 Å². The second-order valence-electron chi connectivity index (χ2n) is 33.5. The standard InChI is InChI=1S/C53H38.C36H33BO2.C23H17Cl.CH4.ClH.In.H3P.2H/c1-53(2)51-22-10-9-21-47(51)50-33-43-26-24-37-23-25-42(32-48(37)49(43)34-52(50)53)46-30-44(40-19-11-17-38(27-40)35-13-5-3-6-14-35)29-45(31-46)41-20-12-18-39(28-41)36-15-7-4-8-16-36;1-35(2)36(3,4)39-37(38-35)34-24-32(30-19-11-17-28(21-30)26-13-7-5-8-14-26)23-33(25-34)31-20-12-18-29(22-31)27-15-9-6-10-16-27;1-23(2)21-6-4-3-5-17(21)20-11-15-8-7-14-9-10-16(24)12-18(14)19(15)13-22(20)23;;;;;;/h3-34H,1-2H3;5-25H,1-4H3;3-13H,1-2H3;1H4;1H;;1H3;;/p-1/i;;;;;;1T;;. The molecule has 18 aromatic carbocycles. The SMILES string of the molecule is C.CC1(C)OB(c2cc(-c3cccc(-c4ccccc4)c3)cc(-c3cccc(-c4ccccc4)c3)c2)OC1(C)C.CC1(C)c2ccccc2-c2cc3ccc4ccc(-c5cc(-c6cccc(-c7ccccc7)c6)cc(-c6cccc(-c7ccccc7)c6)c5)cc4c3cc21.CC1(C)c2ccccc2-c2cc3ccc4ccc(Cl)cc4c3cc21.[3H]P.[Cl-].[InH2]. The van der Waals surface area contributed by atoms with Crippen molar-refractivity contribution in [3.05, 3.63) is 416 Å². The second kappa shape index (κ2) is 34.2. The Bertz CT molecular complexity index is 6650. The molecule has 0 N–H and O–H groups in total. The molecule has 1 aliphatic heterocycles. The summed E-state index contributed by atoms with van der Waals surface area (Å²) < 4.78 is 18.7. The quantitative estimate of drug-likeness (QED) is 0.0772. The van der Waals surface area contributed by atoms with Gasteiger partial charge in [0.05, 0.1) is 12.5 Å². The van der Waals surface area contributed by atoms with Crippen LogP contribution in [0, 0.1) is 0 Å². The average molecular weight is 1720 g/mol. The molecular formula is C113H97BCl2InO2P-. The summed E-state index contributed by atoms with van der Waals surface area (Å²) in [5.74, 6) is 0. The summed E-state index contributed by atoms with van der Waals surface area (Å²) in [7, 11) is 1.23. The number of halogens is 2. The van der Waals surface area contributed by atoms with Gasteiger partial charge in [-0.15, -0.1) is 0 Å². The van der Waals surface area contributed by atoms with Gasteiger partial charge in [0.15, 0.2) is 0 Å². The third kappa shape index (κ3) is 16.0. The van der Waals surface area contributed by atoms with Crippen LogP contribution in [0.3, 0.4) is 0 Å². The van der Waals surface area contributed by atoms with Crippen molar-refractivity contribution in [3.8, 4) is 122 Å². The molecule has 1 saturated heterocycles. The van der Waals surface area contributed by atoms with E-state index in [1.165, 1.54) is 165 Å². The van der Waals surface area contributed by atoms with E-state index in [9.17, 15) is 0 Å². The van der Waals surface area contributed by atoms with Gasteiger partial charge < -0.3 is 21.7 Å². The Morgan fingerprint density at radius 3 is 0.858 bits per heavy atom. The van der Waals surface area contributed by atoms with Crippen molar-refractivity contribution >= 4 is 103 Å². The zero-order valence-corrected chi connectivity index (χ0v) is 77.1. The first kappa shape index (κ1) is 82.6. The van der Waals surface area contributed by atoms with Crippen molar-refractivity contribution < 1.29 is 21.7 Å². The molecule has 21 rings (SSSR count). The minimum absolute atomic E-state index is 0. The van der Waals surface area contributed by atoms with E-state index in [1.54, 1.807) is 9.84 Å². The molecule has 2 nitrogen and oxygen atoms in total. The van der Waals surface area contributed by atoms with Gasteiger partial charge in [0, 0.05) is 15.9 Å². The van der Waals surface area contributed by atoms with E-state index in [1.807, 2.05) is 6.07 Å². The topological polar surface area (TPSA) is 18.5 Å². The van der Waals surface area contributed by atoms with Crippen molar-refractivity contribution in [1.82, 2.24) is 0 Å². The molecule has 1 unspecified atom stereocenters. The summed E-state index contributed by atoms with van der Waals surface area (Å²) >= 11 is 6.27. The Morgan fingerprint density at radius 2 is 0.500 bits per heavy atom. The monoisotopic (exact) mass is 1710 g/mol. The predicted octanol–water partition coefficient (Wildman–Crippen LogP) is 27.0. The number of hydrogen-bond donors (Lipinski definition) is 0. The van der Waals surface area contributed by atoms with E-state index in [0.717, 1.165) is 32.7 Å². The fourth-order valence-electron chi connectivity index (χ4n) is 17.9. The third-order valence-corrected chi connectivity index (χ3v) is 25.2. The van der Waals surface area contributed by atoms with Crippen molar-refractivity contribution in [2.45, 2.75) is 84.8 Å². The normalized spacial score (nSPS) is 13.8. The summed E-state index contributed by atoms with van der Waals surface area (Å²) in [6.45, 7) is 17.8. The van der Waals surface area contributed by atoms with E-state index in [4.69, 9.17) is 22.2 Å². The van der Waals surface area contributed by atoms with Crippen LogP contribution in [0.4, 0.5) is 0 Å². The maximum absolute atomic E-state index is 6.50. The second-order valence-corrected chi connectivity index (χ2v) is 34.0. The summed E-state index contributed by atoms with van der Waals surface area (Å²) in [6, 6.07) is 141. The van der Waals surface area contributed by atoms with Crippen LogP contribution < -0.4 is 17.9 Å². The maximum atomic E-state index is 6.50. The van der Waals surface area contributed by atoms with E-state index in [2.05, 4.69) is 438 Å². The molecule has 0 aromatic heterocycles. The zero-order chi connectivity index (χ0) is 81.0. The van der Waals surface area contributed by atoms with Crippen molar-refractivity contribution in [2.24, 2.45) is 0 Å². The Kier molecular flexibility index (Phi) is 23.5. The third-order valence-electron chi connectivity index (χ3n) is 25.0. The number of rotatable bonds is 10. The number of benzene rings is 18. The predicted molar refractivity (Wildman–Crippen MR) is 521 cm³/mol. The van der Waals surface area contributed by atoms with Crippen LogP contribution in [-0.4, -0.2) is 45.4 Å². The number of hydrogen-bond acceptors (Lipinski definition) is 2. The fraction of sp³-hybridized carbons (Fsp3) is 0.115.